The zero-order valence-corrected chi connectivity index (χ0v) is 16.6. The van der Waals surface area contributed by atoms with Crippen molar-refractivity contribution in [3.8, 4) is 0 Å². The number of hydrogen-bond donors (Lipinski definition) is 3. The number of amides is 3. The fourth-order valence-corrected chi connectivity index (χ4v) is 3.35. The van der Waals surface area contributed by atoms with Gasteiger partial charge in [-0.05, 0) is 40.8 Å². The van der Waals surface area contributed by atoms with Gasteiger partial charge in [-0.3, -0.25) is 15.4 Å². The van der Waals surface area contributed by atoms with Crippen LogP contribution in [0.5, 0.6) is 0 Å². The van der Waals surface area contributed by atoms with Crippen molar-refractivity contribution < 1.29 is 14.0 Å². The number of rotatable bonds is 7. The highest BCUT2D eigenvalue weighted by Crippen LogP contribution is 2.27. The lowest BCUT2D eigenvalue weighted by Gasteiger charge is -2.26. The van der Waals surface area contributed by atoms with E-state index in [-0.39, 0.29) is 5.82 Å². The van der Waals surface area contributed by atoms with Gasteiger partial charge in [-0.2, -0.15) is 0 Å². The number of primary amides is 1. The van der Waals surface area contributed by atoms with Gasteiger partial charge in [0.25, 0.3) is 0 Å². The van der Waals surface area contributed by atoms with Crippen LogP contribution in [0.25, 0.3) is 0 Å². The molecule has 0 fully saturated rings. The minimum atomic E-state index is -0.933. The van der Waals surface area contributed by atoms with Gasteiger partial charge in [0.05, 0.1) is 6.04 Å². The lowest BCUT2D eigenvalue weighted by molar-refractivity contribution is -0.122. The summed E-state index contributed by atoms with van der Waals surface area (Å²) < 4.78 is 14.0. The third kappa shape index (κ3) is 5.30. The fourth-order valence-electron chi connectivity index (χ4n) is 3.35. The first kappa shape index (κ1) is 21.2. The Balaban J connectivity index is 2.03. The van der Waals surface area contributed by atoms with Crippen LogP contribution in [-0.4, -0.2) is 11.9 Å². The summed E-state index contributed by atoms with van der Waals surface area (Å²) in [5.74, 6) is -0.956. The van der Waals surface area contributed by atoms with E-state index in [1.54, 1.807) is 36.4 Å². The molecule has 30 heavy (non-hydrogen) atoms. The van der Waals surface area contributed by atoms with Gasteiger partial charge in [0.15, 0.2) is 0 Å². The van der Waals surface area contributed by atoms with E-state index in [2.05, 4.69) is 17.6 Å². The molecule has 3 aromatic carbocycles. The molecule has 3 aromatic rings. The maximum absolute atomic E-state index is 14.0. The standard InChI is InChI=1S/C24H24FN3O2/c1-2-16-11-13-18(14-12-16)21(19-9-6-10-20(25)15-19)27-22(23(29)28-24(26)30)17-7-4-3-5-8-17/h3-15,21-22,27H,2H2,1H3,(H3,26,28,29,30)/t21-,22+/m0/s1. The van der Waals surface area contributed by atoms with Gasteiger partial charge in [0.2, 0.25) is 5.91 Å². The third-order valence-corrected chi connectivity index (χ3v) is 4.88. The fraction of sp³-hybridized carbons (Fsp3) is 0.167. The number of imide groups is 1. The molecule has 0 aliphatic carbocycles. The van der Waals surface area contributed by atoms with E-state index >= 15 is 0 Å². The molecule has 0 heterocycles. The van der Waals surface area contributed by atoms with Crippen LogP contribution < -0.4 is 16.4 Å². The van der Waals surface area contributed by atoms with Crippen molar-refractivity contribution in [1.29, 1.82) is 0 Å². The minimum Gasteiger partial charge on any atom is -0.351 e. The molecule has 0 saturated heterocycles. The van der Waals surface area contributed by atoms with Crippen molar-refractivity contribution in [2.75, 3.05) is 0 Å². The Hall–Kier alpha value is -3.51. The second kappa shape index (κ2) is 9.80. The minimum absolute atomic E-state index is 0.373. The molecule has 4 N–H and O–H groups in total. The van der Waals surface area contributed by atoms with E-state index < -0.39 is 24.0 Å². The van der Waals surface area contributed by atoms with Crippen LogP contribution in [0.3, 0.4) is 0 Å². The summed E-state index contributed by atoms with van der Waals surface area (Å²) in [5.41, 5.74) is 8.52. The third-order valence-electron chi connectivity index (χ3n) is 4.88. The molecule has 5 nitrogen and oxygen atoms in total. The molecule has 0 radical (unpaired) electrons. The molecule has 0 bridgehead atoms. The quantitative estimate of drug-likeness (QED) is 0.555. The van der Waals surface area contributed by atoms with Gasteiger partial charge in [-0.1, -0.05) is 73.7 Å². The highest BCUT2D eigenvalue weighted by molar-refractivity contribution is 5.96. The Morgan fingerprint density at radius 3 is 2.17 bits per heavy atom. The molecule has 3 amide bonds. The lowest BCUT2D eigenvalue weighted by atomic mass is 9.95. The Kier molecular flexibility index (Phi) is 6.93. The molecular formula is C24H24FN3O2. The Labute approximate surface area is 175 Å². The van der Waals surface area contributed by atoms with Crippen molar-refractivity contribution in [3.63, 3.8) is 0 Å². The number of hydrogen-bond acceptors (Lipinski definition) is 3. The number of urea groups is 1. The highest BCUT2D eigenvalue weighted by atomic mass is 19.1. The number of nitrogens with one attached hydrogen (secondary N) is 2. The summed E-state index contributed by atoms with van der Waals surface area (Å²) in [6, 6.07) is 20.8. The van der Waals surface area contributed by atoms with E-state index in [9.17, 15) is 14.0 Å². The summed E-state index contributed by atoms with van der Waals surface area (Å²) in [5, 5.41) is 5.43. The van der Waals surface area contributed by atoms with Gasteiger partial charge in [0.1, 0.15) is 11.9 Å². The maximum Gasteiger partial charge on any atom is 0.318 e. The van der Waals surface area contributed by atoms with Gasteiger partial charge in [0, 0.05) is 0 Å². The van der Waals surface area contributed by atoms with Crippen molar-refractivity contribution in [2.24, 2.45) is 5.73 Å². The van der Waals surface area contributed by atoms with E-state index in [0.717, 1.165) is 12.0 Å². The van der Waals surface area contributed by atoms with Crippen LogP contribution in [0.15, 0.2) is 78.9 Å². The smallest absolute Gasteiger partial charge is 0.318 e. The molecule has 3 rings (SSSR count). The first-order chi connectivity index (χ1) is 14.5. The Morgan fingerprint density at radius 2 is 1.57 bits per heavy atom. The van der Waals surface area contributed by atoms with Gasteiger partial charge >= 0.3 is 6.03 Å². The van der Waals surface area contributed by atoms with Crippen LogP contribution in [0.2, 0.25) is 0 Å². The van der Waals surface area contributed by atoms with Crippen LogP contribution in [0.1, 0.15) is 41.3 Å². The Morgan fingerprint density at radius 1 is 0.900 bits per heavy atom. The van der Waals surface area contributed by atoms with Crippen LogP contribution >= 0.6 is 0 Å². The molecule has 154 valence electrons. The summed E-state index contributed by atoms with van der Waals surface area (Å²) >= 11 is 0. The maximum atomic E-state index is 14.0. The molecule has 0 aliphatic rings. The lowest BCUT2D eigenvalue weighted by Crippen LogP contribution is -2.44. The molecule has 0 spiro atoms. The molecular weight excluding hydrogens is 381 g/mol. The largest absolute Gasteiger partial charge is 0.351 e. The second-order valence-corrected chi connectivity index (χ2v) is 6.95. The normalized spacial score (nSPS) is 12.7. The zero-order valence-electron chi connectivity index (χ0n) is 16.6. The highest BCUT2D eigenvalue weighted by Gasteiger charge is 2.26. The molecule has 2 atom stereocenters. The number of halogens is 1. The number of carbonyl (C=O) groups is 2. The monoisotopic (exact) mass is 405 g/mol. The van der Waals surface area contributed by atoms with Gasteiger partial charge in [-0.25, -0.2) is 9.18 Å². The molecule has 6 heteroatoms. The second-order valence-electron chi connectivity index (χ2n) is 6.95. The summed E-state index contributed by atoms with van der Waals surface area (Å²) in [6.07, 6.45) is 0.895. The first-order valence-electron chi connectivity index (χ1n) is 9.73. The van der Waals surface area contributed by atoms with Gasteiger partial charge in [-0.15, -0.1) is 0 Å². The van der Waals surface area contributed by atoms with Crippen molar-refractivity contribution in [3.05, 3.63) is 107 Å². The predicted molar refractivity (Wildman–Crippen MR) is 114 cm³/mol. The first-order valence-corrected chi connectivity index (χ1v) is 9.73. The van der Waals surface area contributed by atoms with Crippen molar-refractivity contribution in [1.82, 2.24) is 10.6 Å². The molecule has 0 aliphatic heterocycles. The average Bonchev–Trinajstić information content (AvgIpc) is 2.74. The summed E-state index contributed by atoms with van der Waals surface area (Å²) in [7, 11) is 0. The molecule has 0 unspecified atom stereocenters. The average molecular weight is 405 g/mol. The van der Waals surface area contributed by atoms with Crippen LogP contribution in [0.4, 0.5) is 9.18 Å². The topological polar surface area (TPSA) is 84.2 Å². The zero-order chi connectivity index (χ0) is 21.5. The van der Waals surface area contributed by atoms with E-state index in [4.69, 9.17) is 5.73 Å². The van der Waals surface area contributed by atoms with Crippen LogP contribution in [-0.2, 0) is 11.2 Å². The number of aryl methyl sites for hydroxylation is 1. The van der Waals surface area contributed by atoms with E-state index in [0.29, 0.717) is 11.1 Å². The Bertz CT molecular complexity index is 1010. The van der Waals surface area contributed by atoms with Crippen LogP contribution in [0, 0.1) is 5.82 Å². The van der Waals surface area contributed by atoms with Gasteiger partial charge < -0.3 is 5.73 Å². The summed E-state index contributed by atoms with van der Waals surface area (Å²) in [6.45, 7) is 2.07. The van der Waals surface area contributed by atoms with Crippen molar-refractivity contribution >= 4 is 11.9 Å². The molecule has 0 aromatic heterocycles. The van der Waals surface area contributed by atoms with E-state index in [1.807, 2.05) is 30.3 Å². The van der Waals surface area contributed by atoms with Crippen molar-refractivity contribution in [2.45, 2.75) is 25.4 Å². The number of benzene rings is 3. The number of carbonyl (C=O) groups excluding carboxylic acids is 2. The summed E-state index contributed by atoms with van der Waals surface area (Å²) in [4.78, 5) is 24.1. The number of nitrogens with two attached hydrogens (primary N) is 1. The predicted octanol–water partition coefficient (Wildman–Crippen LogP) is 4.00. The molecule has 0 saturated carbocycles. The van der Waals surface area contributed by atoms with E-state index in [1.165, 1.54) is 17.7 Å². The SMILES string of the molecule is CCc1ccc([C@H](N[C@@H](C(=O)NC(N)=O)c2ccccc2)c2cccc(F)c2)cc1.